The average molecular weight is 280 g/mol. The molecule has 1 fully saturated rings. The van der Waals surface area contributed by atoms with Gasteiger partial charge in [-0.15, -0.1) is 0 Å². The smallest absolute Gasteiger partial charge is 0.267 e. The molecule has 1 saturated carbocycles. The Kier molecular flexibility index (Phi) is 2.49. The largest absolute Gasteiger partial charge is 0.366 e. The zero-order chi connectivity index (χ0) is 11.1. The third-order valence-electron chi connectivity index (χ3n) is 2.23. The summed E-state index contributed by atoms with van der Waals surface area (Å²) in [4.78, 5) is 17.3. The second-order valence-corrected chi connectivity index (χ2v) is 4.29. The maximum absolute atomic E-state index is 12.5. The van der Waals surface area contributed by atoms with E-state index < -0.39 is 5.92 Å². The molecule has 0 radical (unpaired) electrons. The molecule has 0 bridgehead atoms. The van der Waals surface area contributed by atoms with Gasteiger partial charge in [0.25, 0.3) is 11.5 Å². The van der Waals surface area contributed by atoms with E-state index in [1.54, 1.807) is 0 Å². The van der Waals surface area contributed by atoms with Crippen molar-refractivity contribution >= 4 is 21.7 Å². The first-order chi connectivity index (χ1) is 6.98. The first-order valence-corrected chi connectivity index (χ1v) is 5.15. The maximum atomic E-state index is 12.5. The molecule has 0 spiro atoms. The lowest BCUT2D eigenvalue weighted by Gasteiger charge is -2.35. The summed E-state index contributed by atoms with van der Waals surface area (Å²) in [5.74, 6) is -2.27. The van der Waals surface area contributed by atoms with Crippen molar-refractivity contribution in [1.82, 2.24) is 9.97 Å². The SMILES string of the molecule is O=c1[nH]cnc(NC2CC(F)(F)C2)c1Br. The van der Waals surface area contributed by atoms with Crippen LogP contribution in [-0.4, -0.2) is 21.9 Å². The van der Waals surface area contributed by atoms with Crippen molar-refractivity contribution in [3.63, 3.8) is 0 Å². The molecule has 0 unspecified atom stereocenters. The Morgan fingerprint density at radius 3 is 2.87 bits per heavy atom. The molecule has 2 rings (SSSR count). The zero-order valence-corrected chi connectivity index (χ0v) is 9.14. The van der Waals surface area contributed by atoms with Gasteiger partial charge in [0, 0.05) is 18.9 Å². The van der Waals surface area contributed by atoms with E-state index in [-0.39, 0.29) is 28.9 Å². The lowest BCUT2D eigenvalue weighted by molar-refractivity contribution is -0.0794. The van der Waals surface area contributed by atoms with Crippen LogP contribution in [0.1, 0.15) is 12.8 Å². The molecule has 0 aliphatic heterocycles. The number of alkyl halides is 2. The van der Waals surface area contributed by atoms with Crippen molar-refractivity contribution < 1.29 is 8.78 Å². The number of nitrogens with zero attached hydrogens (tertiary/aromatic N) is 1. The van der Waals surface area contributed by atoms with Gasteiger partial charge in [0.1, 0.15) is 10.3 Å². The number of hydrogen-bond acceptors (Lipinski definition) is 3. The second-order valence-electron chi connectivity index (χ2n) is 3.50. The van der Waals surface area contributed by atoms with Crippen LogP contribution >= 0.6 is 15.9 Å². The van der Waals surface area contributed by atoms with Gasteiger partial charge in [0.15, 0.2) is 0 Å². The molecule has 82 valence electrons. The van der Waals surface area contributed by atoms with E-state index in [4.69, 9.17) is 0 Å². The monoisotopic (exact) mass is 279 g/mol. The molecule has 7 heteroatoms. The van der Waals surface area contributed by atoms with Crippen LogP contribution in [0.15, 0.2) is 15.6 Å². The Morgan fingerprint density at radius 2 is 2.27 bits per heavy atom. The minimum atomic E-state index is -2.58. The highest BCUT2D eigenvalue weighted by atomic mass is 79.9. The molecule has 15 heavy (non-hydrogen) atoms. The van der Waals surface area contributed by atoms with Crippen molar-refractivity contribution in [1.29, 1.82) is 0 Å². The molecule has 1 aliphatic rings. The standard InChI is InChI=1S/C8H8BrF2N3O/c9-5-6(12-3-13-7(5)15)14-4-1-8(10,11)2-4/h3-4H,1-2H2,(H2,12,13,14,15). The van der Waals surface area contributed by atoms with Crippen molar-refractivity contribution in [3.8, 4) is 0 Å². The van der Waals surface area contributed by atoms with E-state index in [0.29, 0.717) is 5.82 Å². The Labute approximate surface area is 92.2 Å². The fraction of sp³-hybridized carbons (Fsp3) is 0.500. The highest BCUT2D eigenvalue weighted by Crippen LogP contribution is 2.39. The average Bonchev–Trinajstić information content (AvgIpc) is 2.10. The van der Waals surface area contributed by atoms with Gasteiger partial charge < -0.3 is 10.3 Å². The van der Waals surface area contributed by atoms with Gasteiger partial charge in [0.05, 0.1) is 6.33 Å². The molecule has 2 N–H and O–H groups in total. The molecule has 1 aliphatic carbocycles. The summed E-state index contributed by atoms with van der Waals surface area (Å²) >= 11 is 3.03. The fourth-order valence-electron chi connectivity index (χ4n) is 1.44. The molecule has 1 aromatic heterocycles. The Morgan fingerprint density at radius 1 is 1.60 bits per heavy atom. The van der Waals surface area contributed by atoms with Gasteiger partial charge >= 0.3 is 0 Å². The highest BCUT2D eigenvalue weighted by Gasteiger charge is 2.45. The highest BCUT2D eigenvalue weighted by molar-refractivity contribution is 9.10. The molecule has 1 aromatic rings. The predicted octanol–water partition coefficient (Wildman–Crippen LogP) is 1.74. The summed E-state index contributed by atoms with van der Waals surface area (Å²) in [7, 11) is 0. The summed E-state index contributed by atoms with van der Waals surface area (Å²) < 4.78 is 25.3. The van der Waals surface area contributed by atoms with Crippen LogP contribution in [0.2, 0.25) is 0 Å². The maximum Gasteiger partial charge on any atom is 0.267 e. The number of H-pyrrole nitrogens is 1. The van der Waals surface area contributed by atoms with Crippen LogP contribution in [-0.2, 0) is 0 Å². The third-order valence-corrected chi connectivity index (χ3v) is 2.96. The molecule has 1 heterocycles. The first-order valence-electron chi connectivity index (χ1n) is 4.35. The zero-order valence-electron chi connectivity index (χ0n) is 7.56. The van der Waals surface area contributed by atoms with E-state index >= 15 is 0 Å². The summed E-state index contributed by atoms with van der Waals surface area (Å²) in [5, 5.41) is 2.79. The van der Waals surface area contributed by atoms with Gasteiger partial charge in [-0.05, 0) is 15.9 Å². The van der Waals surface area contributed by atoms with Gasteiger partial charge in [-0.2, -0.15) is 0 Å². The molecule has 0 atom stereocenters. The Balaban J connectivity index is 2.07. The predicted molar refractivity (Wildman–Crippen MR) is 54.1 cm³/mol. The summed E-state index contributed by atoms with van der Waals surface area (Å²) in [6.45, 7) is 0. The van der Waals surface area contributed by atoms with Gasteiger partial charge in [-0.1, -0.05) is 0 Å². The van der Waals surface area contributed by atoms with Gasteiger partial charge in [-0.25, -0.2) is 13.8 Å². The topological polar surface area (TPSA) is 57.8 Å². The number of aromatic nitrogens is 2. The third kappa shape index (κ3) is 2.17. The number of halogens is 3. The lowest BCUT2D eigenvalue weighted by Crippen LogP contribution is -2.44. The summed E-state index contributed by atoms with van der Waals surface area (Å²) in [5.41, 5.74) is -0.335. The van der Waals surface area contributed by atoms with E-state index in [1.807, 2.05) is 0 Å². The minimum Gasteiger partial charge on any atom is -0.366 e. The molecule has 0 amide bonds. The Bertz CT molecular complexity index is 426. The number of rotatable bonds is 2. The van der Waals surface area contributed by atoms with Crippen LogP contribution in [0.3, 0.4) is 0 Å². The van der Waals surface area contributed by atoms with Crippen molar-refractivity contribution in [3.05, 3.63) is 21.2 Å². The number of hydrogen-bond donors (Lipinski definition) is 2. The van der Waals surface area contributed by atoms with Crippen LogP contribution in [0.5, 0.6) is 0 Å². The normalized spacial score (nSPS) is 19.7. The number of anilines is 1. The van der Waals surface area contributed by atoms with Gasteiger partial charge in [0.2, 0.25) is 0 Å². The van der Waals surface area contributed by atoms with E-state index in [2.05, 4.69) is 31.2 Å². The van der Waals surface area contributed by atoms with Crippen LogP contribution in [0.25, 0.3) is 0 Å². The second kappa shape index (κ2) is 3.55. The molecular formula is C8H8BrF2N3O. The first kappa shape index (κ1) is 10.5. The van der Waals surface area contributed by atoms with Crippen LogP contribution < -0.4 is 10.9 Å². The van der Waals surface area contributed by atoms with Crippen LogP contribution in [0.4, 0.5) is 14.6 Å². The quantitative estimate of drug-likeness (QED) is 0.867. The molecule has 4 nitrogen and oxygen atoms in total. The van der Waals surface area contributed by atoms with Crippen molar-refractivity contribution in [2.45, 2.75) is 24.8 Å². The molecular weight excluding hydrogens is 272 g/mol. The van der Waals surface area contributed by atoms with Crippen LogP contribution in [0, 0.1) is 0 Å². The van der Waals surface area contributed by atoms with Gasteiger partial charge in [-0.3, -0.25) is 4.79 Å². The minimum absolute atomic E-state index is 0.214. The summed E-state index contributed by atoms with van der Waals surface area (Å²) in [6.07, 6.45) is 0.800. The molecule has 0 aromatic carbocycles. The van der Waals surface area contributed by atoms with E-state index in [9.17, 15) is 13.6 Å². The lowest BCUT2D eigenvalue weighted by atomic mass is 9.88. The fourth-order valence-corrected chi connectivity index (χ4v) is 1.77. The number of aromatic amines is 1. The van der Waals surface area contributed by atoms with E-state index in [0.717, 1.165) is 0 Å². The van der Waals surface area contributed by atoms with Crippen molar-refractivity contribution in [2.75, 3.05) is 5.32 Å². The molecule has 0 saturated heterocycles. The Hall–Kier alpha value is -0.980. The van der Waals surface area contributed by atoms with E-state index in [1.165, 1.54) is 6.33 Å². The van der Waals surface area contributed by atoms with Crippen molar-refractivity contribution in [2.24, 2.45) is 0 Å². The summed E-state index contributed by atoms with van der Waals surface area (Å²) in [6, 6.07) is -0.314. The number of nitrogens with one attached hydrogen (secondary N) is 2.